The van der Waals surface area contributed by atoms with Crippen LogP contribution in [0.4, 0.5) is 0 Å². The third kappa shape index (κ3) is 2.86. The van der Waals surface area contributed by atoms with Gasteiger partial charge >= 0.3 is 0 Å². The Balaban J connectivity index is 0.000000127. The molecule has 0 saturated heterocycles. The molecule has 0 aromatic heterocycles. The highest BCUT2D eigenvalue weighted by atomic mass is 16.2. The molecule has 0 unspecified atom stereocenters. The predicted octanol–water partition coefficient (Wildman–Crippen LogP) is 1.01. The molecule has 2 rings (SSSR count). The molecular formula is C9H13NO2. The van der Waals surface area contributed by atoms with Crippen LogP contribution in [0.1, 0.15) is 26.2 Å². The Kier molecular flexibility index (Phi) is 3.02. The predicted molar refractivity (Wildman–Crippen MR) is 45.3 cm³/mol. The Hall–Kier alpha value is -1.12. The molecule has 0 radical (unpaired) electrons. The number of imide groups is 1. The summed E-state index contributed by atoms with van der Waals surface area (Å²) in [6, 6.07) is 0. The van der Waals surface area contributed by atoms with E-state index in [1.165, 1.54) is 31.4 Å². The molecule has 3 nitrogen and oxygen atoms in total. The van der Waals surface area contributed by atoms with E-state index in [4.69, 9.17) is 0 Å². The van der Waals surface area contributed by atoms with Crippen molar-refractivity contribution in [3.05, 3.63) is 12.2 Å². The molecule has 0 aromatic rings. The Morgan fingerprint density at radius 2 is 1.67 bits per heavy atom. The maximum Gasteiger partial charge on any atom is 0.250 e. The summed E-state index contributed by atoms with van der Waals surface area (Å²) in [4.78, 5) is 20.1. The minimum absolute atomic E-state index is 0.329. The lowest BCUT2D eigenvalue weighted by atomic mass is 9.88. The third-order valence-electron chi connectivity index (χ3n) is 2.03. The first-order valence-corrected chi connectivity index (χ1v) is 4.21. The van der Waals surface area contributed by atoms with Crippen molar-refractivity contribution in [2.75, 3.05) is 0 Å². The normalized spacial score (nSPS) is 21.1. The van der Waals surface area contributed by atoms with E-state index in [2.05, 4.69) is 6.92 Å². The minimum Gasteiger partial charge on any atom is -0.289 e. The van der Waals surface area contributed by atoms with Gasteiger partial charge in [-0.15, -0.1) is 0 Å². The summed E-state index contributed by atoms with van der Waals surface area (Å²) >= 11 is 0. The van der Waals surface area contributed by atoms with Crippen molar-refractivity contribution >= 4 is 11.8 Å². The zero-order valence-corrected chi connectivity index (χ0v) is 7.17. The number of hydrogen-bond acceptors (Lipinski definition) is 2. The van der Waals surface area contributed by atoms with Gasteiger partial charge in [0.05, 0.1) is 0 Å². The Bertz CT molecular complexity index is 201. The van der Waals surface area contributed by atoms with E-state index in [9.17, 15) is 9.59 Å². The van der Waals surface area contributed by atoms with Crippen LogP contribution >= 0.6 is 0 Å². The highest BCUT2D eigenvalue weighted by molar-refractivity contribution is 6.12. The quantitative estimate of drug-likeness (QED) is 0.547. The van der Waals surface area contributed by atoms with Gasteiger partial charge in [0.25, 0.3) is 11.8 Å². The average molecular weight is 167 g/mol. The first-order chi connectivity index (χ1) is 5.68. The maximum atomic E-state index is 10.0. The van der Waals surface area contributed by atoms with Crippen molar-refractivity contribution in [1.29, 1.82) is 0 Å². The van der Waals surface area contributed by atoms with Gasteiger partial charge in [0, 0.05) is 12.2 Å². The van der Waals surface area contributed by atoms with Crippen LogP contribution in [0.5, 0.6) is 0 Å². The van der Waals surface area contributed by atoms with Crippen LogP contribution in [-0.4, -0.2) is 11.8 Å². The van der Waals surface area contributed by atoms with Crippen LogP contribution in [0, 0.1) is 5.92 Å². The van der Waals surface area contributed by atoms with Crippen LogP contribution in [0.2, 0.25) is 0 Å². The average Bonchev–Trinajstić information content (AvgIpc) is 2.32. The van der Waals surface area contributed by atoms with Gasteiger partial charge < -0.3 is 0 Å². The largest absolute Gasteiger partial charge is 0.289 e. The van der Waals surface area contributed by atoms with Crippen molar-refractivity contribution in [2.45, 2.75) is 26.2 Å². The second-order valence-corrected chi connectivity index (χ2v) is 3.22. The van der Waals surface area contributed by atoms with Gasteiger partial charge in [-0.25, -0.2) is 0 Å². The number of carbonyl (C=O) groups is 2. The molecular weight excluding hydrogens is 154 g/mol. The first-order valence-electron chi connectivity index (χ1n) is 4.21. The van der Waals surface area contributed by atoms with Crippen LogP contribution in [0.15, 0.2) is 12.2 Å². The molecule has 2 amide bonds. The van der Waals surface area contributed by atoms with Gasteiger partial charge in [0.1, 0.15) is 0 Å². The van der Waals surface area contributed by atoms with E-state index < -0.39 is 0 Å². The fourth-order valence-electron chi connectivity index (χ4n) is 0.969. The molecule has 2 aliphatic rings. The van der Waals surface area contributed by atoms with Crippen molar-refractivity contribution in [2.24, 2.45) is 5.92 Å². The van der Waals surface area contributed by atoms with Gasteiger partial charge in [-0.2, -0.15) is 0 Å². The van der Waals surface area contributed by atoms with E-state index in [1.807, 2.05) is 5.32 Å². The lowest BCUT2D eigenvalue weighted by Crippen LogP contribution is -2.19. The summed E-state index contributed by atoms with van der Waals surface area (Å²) in [5.74, 6) is 0.407. The summed E-state index contributed by atoms with van der Waals surface area (Å²) in [6.07, 6.45) is 6.85. The van der Waals surface area contributed by atoms with Crippen molar-refractivity contribution in [1.82, 2.24) is 5.32 Å². The smallest absolute Gasteiger partial charge is 0.250 e. The number of amides is 2. The molecule has 0 atom stereocenters. The van der Waals surface area contributed by atoms with Crippen LogP contribution in [0.25, 0.3) is 0 Å². The van der Waals surface area contributed by atoms with E-state index >= 15 is 0 Å². The molecule has 0 bridgehead atoms. The summed E-state index contributed by atoms with van der Waals surface area (Å²) in [5, 5.41) is 2.03. The third-order valence-corrected chi connectivity index (χ3v) is 2.03. The zero-order chi connectivity index (χ0) is 8.97. The standard InChI is InChI=1S/C5H10.C4H3NO2/c1-5-3-2-4-5;6-3-1-2-4(7)5-3/h5H,2-4H2,1H3;1-2H,(H,5,6,7). The number of rotatable bonds is 0. The lowest BCUT2D eigenvalue weighted by Gasteiger charge is -2.18. The SMILES string of the molecule is CC1CCC1.O=C1C=CC(=O)N1. The Morgan fingerprint density at radius 1 is 1.25 bits per heavy atom. The summed E-state index contributed by atoms with van der Waals surface area (Å²) in [6.45, 7) is 2.31. The van der Waals surface area contributed by atoms with Gasteiger partial charge in [-0.05, 0) is 5.92 Å². The molecule has 3 heteroatoms. The summed E-state index contributed by atoms with van der Waals surface area (Å²) in [5.41, 5.74) is 0. The van der Waals surface area contributed by atoms with Crippen LogP contribution < -0.4 is 5.32 Å². The van der Waals surface area contributed by atoms with Crippen LogP contribution in [-0.2, 0) is 9.59 Å². The van der Waals surface area contributed by atoms with Crippen molar-refractivity contribution < 1.29 is 9.59 Å². The number of nitrogens with one attached hydrogen (secondary N) is 1. The van der Waals surface area contributed by atoms with Crippen LogP contribution in [0.3, 0.4) is 0 Å². The van der Waals surface area contributed by atoms with Gasteiger partial charge in [0.2, 0.25) is 0 Å². The fourth-order valence-corrected chi connectivity index (χ4v) is 0.969. The van der Waals surface area contributed by atoms with E-state index in [0.717, 1.165) is 5.92 Å². The highest BCUT2D eigenvalue weighted by Crippen LogP contribution is 2.24. The molecule has 1 aliphatic carbocycles. The highest BCUT2D eigenvalue weighted by Gasteiger charge is 2.09. The molecule has 1 heterocycles. The molecule has 66 valence electrons. The monoisotopic (exact) mass is 167 g/mol. The van der Waals surface area contributed by atoms with E-state index in [0.29, 0.717) is 0 Å². The minimum atomic E-state index is -0.329. The molecule has 1 N–H and O–H groups in total. The number of hydrogen-bond donors (Lipinski definition) is 1. The lowest BCUT2D eigenvalue weighted by molar-refractivity contribution is -0.123. The fraction of sp³-hybridized carbons (Fsp3) is 0.556. The zero-order valence-electron chi connectivity index (χ0n) is 7.17. The Labute approximate surface area is 71.8 Å². The first kappa shape index (κ1) is 8.97. The second kappa shape index (κ2) is 4.04. The summed E-state index contributed by atoms with van der Waals surface area (Å²) < 4.78 is 0. The molecule has 1 saturated carbocycles. The van der Waals surface area contributed by atoms with E-state index in [1.54, 1.807) is 0 Å². The van der Waals surface area contributed by atoms with Gasteiger partial charge in [-0.1, -0.05) is 26.2 Å². The molecule has 1 aliphatic heterocycles. The maximum absolute atomic E-state index is 10.0. The number of carbonyl (C=O) groups excluding carboxylic acids is 2. The Morgan fingerprint density at radius 3 is 1.75 bits per heavy atom. The second-order valence-electron chi connectivity index (χ2n) is 3.22. The van der Waals surface area contributed by atoms with Gasteiger partial charge in [-0.3, -0.25) is 14.9 Å². The molecule has 12 heavy (non-hydrogen) atoms. The van der Waals surface area contributed by atoms with Gasteiger partial charge in [0.15, 0.2) is 0 Å². The molecule has 0 spiro atoms. The topological polar surface area (TPSA) is 46.2 Å². The van der Waals surface area contributed by atoms with Crippen molar-refractivity contribution in [3.63, 3.8) is 0 Å². The molecule has 1 fully saturated rings. The van der Waals surface area contributed by atoms with Crippen molar-refractivity contribution in [3.8, 4) is 0 Å². The summed E-state index contributed by atoms with van der Waals surface area (Å²) in [7, 11) is 0. The molecule has 0 aromatic carbocycles. The van der Waals surface area contributed by atoms with E-state index in [-0.39, 0.29) is 11.8 Å².